The Hall–Kier alpha value is -3.26. The van der Waals surface area contributed by atoms with Gasteiger partial charge in [0.1, 0.15) is 6.54 Å². The number of piperidine rings is 2. The summed E-state index contributed by atoms with van der Waals surface area (Å²) in [5.41, 5.74) is 1.53. The van der Waals surface area contributed by atoms with Crippen molar-refractivity contribution in [2.75, 3.05) is 7.11 Å². The van der Waals surface area contributed by atoms with Gasteiger partial charge in [-0.25, -0.2) is 4.98 Å². The number of rotatable bonds is 5. The first-order valence-electron chi connectivity index (χ1n) is 16.1. The molecule has 1 saturated carbocycles. The molecule has 2 aliphatic heterocycles. The largest absolute Gasteiger partial charge is 0.468 e. The summed E-state index contributed by atoms with van der Waals surface area (Å²) in [6.07, 6.45) is 17.6. The van der Waals surface area contributed by atoms with Crippen molar-refractivity contribution in [2.24, 2.45) is 0 Å². The highest BCUT2D eigenvalue weighted by Gasteiger charge is 2.42. The molecular weight excluding hydrogens is 528 g/mol. The van der Waals surface area contributed by atoms with Crippen LogP contribution in [0.15, 0.2) is 52.1 Å². The van der Waals surface area contributed by atoms with E-state index in [1.54, 1.807) is 12.1 Å². The van der Waals surface area contributed by atoms with Gasteiger partial charge in [0.05, 0.1) is 23.8 Å². The zero-order valence-corrected chi connectivity index (χ0v) is 24.9. The SMILES string of the molecule is COC(=O)Cn1c(-c2nc3ccccc3n([C@@H]3C[C@H]4CCC[C@@H](C3)N4C3CCCCCCCCC3)c2=O)cccc1=O. The zero-order valence-electron chi connectivity index (χ0n) is 24.9. The van der Waals surface area contributed by atoms with Crippen LogP contribution in [-0.4, -0.2) is 50.2 Å². The summed E-state index contributed by atoms with van der Waals surface area (Å²) in [6.45, 7) is -0.274. The molecule has 4 heterocycles. The van der Waals surface area contributed by atoms with Gasteiger partial charge in [-0.15, -0.1) is 0 Å². The molecule has 3 fully saturated rings. The van der Waals surface area contributed by atoms with Crippen molar-refractivity contribution in [3.05, 3.63) is 63.2 Å². The number of fused-ring (bicyclic) bond motifs is 3. The lowest BCUT2D eigenvalue weighted by atomic mass is 9.79. The summed E-state index contributed by atoms with van der Waals surface area (Å²) in [6, 6.07) is 14.2. The highest BCUT2D eigenvalue weighted by Crippen LogP contribution is 2.42. The number of aromatic nitrogens is 3. The fourth-order valence-corrected chi connectivity index (χ4v) is 8.05. The maximum atomic E-state index is 14.4. The molecule has 0 N–H and O–H groups in total. The maximum absolute atomic E-state index is 14.4. The number of nitrogens with zero attached hydrogens (tertiary/aromatic N) is 4. The van der Waals surface area contributed by atoms with Gasteiger partial charge in [0, 0.05) is 30.2 Å². The Morgan fingerprint density at radius 2 is 1.43 bits per heavy atom. The van der Waals surface area contributed by atoms with Crippen LogP contribution in [-0.2, 0) is 16.1 Å². The molecule has 42 heavy (non-hydrogen) atoms. The van der Waals surface area contributed by atoms with Crippen LogP contribution < -0.4 is 11.1 Å². The van der Waals surface area contributed by atoms with Crippen molar-refractivity contribution >= 4 is 17.0 Å². The van der Waals surface area contributed by atoms with E-state index < -0.39 is 5.97 Å². The minimum atomic E-state index is -0.550. The Balaban J connectivity index is 1.38. The highest BCUT2D eigenvalue weighted by molar-refractivity contribution is 5.78. The quantitative estimate of drug-likeness (QED) is 0.357. The maximum Gasteiger partial charge on any atom is 0.325 e. The third-order valence-corrected chi connectivity index (χ3v) is 9.97. The van der Waals surface area contributed by atoms with Crippen LogP contribution in [0, 0.1) is 0 Å². The normalized spacial score (nSPS) is 24.4. The Morgan fingerprint density at radius 1 is 0.786 bits per heavy atom. The monoisotopic (exact) mass is 572 g/mol. The molecule has 1 aromatic carbocycles. The summed E-state index contributed by atoms with van der Waals surface area (Å²) in [5, 5.41) is 0. The lowest BCUT2D eigenvalue weighted by Crippen LogP contribution is -2.57. The zero-order chi connectivity index (χ0) is 29.1. The molecule has 0 radical (unpaired) electrons. The van der Waals surface area contributed by atoms with Crippen LogP contribution >= 0.6 is 0 Å². The number of hydrogen-bond donors (Lipinski definition) is 0. The van der Waals surface area contributed by atoms with Gasteiger partial charge in [0.25, 0.3) is 11.1 Å². The van der Waals surface area contributed by atoms with Crippen LogP contribution in [0.1, 0.15) is 95.9 Å². The van der Waals surface area contributed by atoms with E-state index in [4.69, 9.17) is 9.72 Å². The third-order valence-electron chi connectivity index (χ3n) is 9.97. The molecule has 2 saturated heterocycles. The molecule has 1 aliphatic carbocycles. The van der Waals surface area contributed by atoms with Crippen LogP contribution in [0.25, 0.3) is 22.4 Å². The lowest BCUT2D eigenvalue weighted by Gasteiger charge is -2.53. The first-order chi connectivity index (χ1) is 20.5. The number of esters is 1. The molecular formula is C34H44N4O4. The average molecular weight is 573 g/mol. The van der Waals surface area contributed by atoms with Crippen molar-refractivity contribution in [2.45, 2.75) is 121 Å². The molecule has 224 valence electrons. The van der Waals surface area contributed by atoms with E-state index in [2.05, 4.69) is 4.90 Å². The van der Waals surface area contributed by atoms with Gasteiger partial charge in [-0.2, -0.15) is 0 Å². The summed E-state index contributed by atoms with van der Waals surface area (Å²) >= 11 is 0. The van der Waals surface area contributed by atoms with Gasteiger partial charge in [0.2, 0.25) is 0 Å². The number of pyridine rings is 1. The smallest absolute Gasteiger partial charge is 0.325 e. The average Bonchev–Trinajstić information content (AvgIpc) is 3.00. The van der Waals surface area contributed by atoms with Gasteiger partial charge in [-0.3, -0.25) is 23.9 Å². The van der Waals surface area contributed by atoms with Crippen LogP contribution in [0.3, 0.4) is 0 Å². The second kappa shape index (κ2) is 12.9. The molecule has 6 rings (SSSR count). The molecule has 2 bridgehead atoms. The van der Waals surface area contributed by atoms with Crippen molar-refractivity contribution in [1.82, 2.24) is 19.0 Å². The molecule has 8 nitrogen and oxygen atoms in total. The lowest BCUT2D eigenvalue weighted by molar-refractivity contribution is -0.141. The number of hydrogen-bond acceptors (Lipinski definition) is 6. The second-order valence-corrected chi connectivity index (χ2v) is 12.6. The molecule has 3 aromatic rings. The van der Waals surface area contributed by atoms with Gasteiger partial charge >= 0.3 is 5.97 Å². The third kappa shape index (κ3) is 5.83. The van der Waals surface area contributed by atoms with E-state index in [-0.39, 0.29) is 29.4 Å². The van der Waals surface area contributed by atoms with E-state index in [0.29, 0.717) is 29.3 Å². The van der Waals surface area contributed by atoms with E-state index in [1.165, 1.54) is 94.8 Å². The molecule has 3 aliphatic rings. The number of methoxy groups -OCH3 is 1. The van der Waals surface area contributed by atoms with E-state index >= 15 is 0 Å². The van der Waals surface area contributed by atoms with Crippen molar-refractivity contribution in [3.8, 4) is 11.4 Å². The molecule has 0 unspecified atom stereocenters. The fourth-order valence-electron chi connectivity index (χ4n) is 8.05. The summed E-state index contributed by atoms with van der Waals surface area (Å²) in [7, 11) is 1.29. The topological polar surface area (TPSA) is 86.4 Å². The van der Waals surface area contributed by atoms with Crippen LogP contribution in [0.4, 0.5) is 0 Å². The van der Waals surface area contributed by atoms with E-state index in [0.717, 1.165) is 18.4 Å². The number of para-hydroxylation sites is 2. The Labute approximate surface area is 247 Å². The standard InChI is InChI=1S/C34H44N4O4/c1-42-32(40)23-36-30(19-12-20-31(36)39)33-34(41)38(29-18-10-9-17-28(29)35-33)27-21-25-15-11-16-26(22-27)37(25)24-13-7-5-3-2-4-6-8-14-24/h9-10,12,17-20,24-27H,2-8,11,13-16,21-23H2,1H3/t25-,26+,27-. The predicted molar refractivity (Wildman–Crippen MR) is 165 cm³/mol. The van der Waals surface area contributed by atoms with Gasteiger partial charge < -0.3 is 9.30 Å². The van der Waals surface area contributed by atoms with Crippen molar-refractivity contribution < 1.29 is 9.53 Å². The van der Waals surface area contributed by atoms with E-state index in [1.807, 2.05) is 28.8 Å². The van der Waals surface area contributed by atoms with Gasteiger partial charge in [-0.05, 0) is 56.7 Å². The number of ether oxygens (including phenoxy) is 1. The molecule has 3 atom stereocenters. The molecule has 2 aromatic heterocycles. The van der Waals surface area contributed by atoms with Gasteiger partial charge in [0.15, 0.2) is 5.69 Å². The van der Waals surface area contributed by atoms with Crippen molar-refractivity contribution in [1.29, 1.82) is 0 Å². The second-order valence-electron chi connectivity index (χ2n) is 12.6. The minimum absolute atomic E-state index is 0.0553. The number of carbonyl (C=O) groups is 1. The first-order valence-corrected chi connectivity index (χ1v) is 16.1. The summed E-state index contributed by atoms with van der Waals surface area (Å²) in [4.78, 5) is 47.1. The fraction of sp³-hybridized carbons (Fsp3) is 0.588. The summed E-state index contributed by atoms with van der Waals surface area (Å²) in [5.74, 6) is -0.550. The van der Waals surface area contributed by atoms with E-state index in [9.17, 15) is 14.4 Å². The molecule has 8 heteroatoms. The number of carbonyl (C=O) groups excluding carboxylic acids is 1. The Kier molecular flexibility index (Phi) is 8.89. The predicted octanol–water partition coefficient (Wildman–Crippen LogP) is 5.85. The first kappa shape index (κ1) is 28.8. The number of benzene rings is 1. The van der Waals surface area contributed by atoms with Crippen molar-refractivity contribution in [3.63, 3.8) is 0 Å². The van der Waals surface area contributed by atoms with Crippen LogP contribution in [0.5, 0.6) is 0 Å². The minimum Gasteiger partial charge on any atom is -0.468 e. The highest BCUT2D eigenvalue weighted by atomic mass is 16.5. The molecule has 0 spiro atoms. The Bertz CT molecular complexity index is 1500. The van der Waals surface area contributed by atoms with Crippen LogP contribution in [0.2, 0.25) is 0 Å². The molecule has 0 amide bonds. The van der Waals surface area contributed by atoms with Gasteiger partial charge in [-0.1, -0.05) is 69.6 Å². The Morgan fingerprint density at radius 3 is 2.12 bits per heavy atom. The summed E-state index contributed by atoms with van der Waals surface area (Å²) < 4.78 is 8.11.